The van der Waals surface area contributed by atoms with Gasteiger partial charge in [-0.15, -0.1) is 0 Å². The van der Waals surface area contributed by atoms with E-state index in [4.69, 9.17) is 34.3 Å². The Labute approximate surface area is 129 Å². The fraction of sp³-hybridized carbons (Fsp3) is 0.188. The van der Waals surface area contributed by atoms with Gasteiger partial charge in [-0.1, -0.05) is 48.1 Å². The summed E-state index contributed by atoms with van der Waals surface area (Å²) < 4.78 is 5.81. The summed E-state index contributed by atoms with van der Waals surface area (Å²) in [5.74, 6) is 0.614. The molecule has 104 valence electrons. The highest BCUT2D eigenvalue weighted by molar-refractivity contribution is 7.80. The van der Waals surface area contributed by atoms with Crippen LogP contribution >= 0.6 is 23.8 Å². The lowest BCUT2D eigenvalue weighted by Gasteiger charge is -2.12. The van der Waals surface area contributed by atoms with Crippen molar-refractivity contribution in [3.63, 3.8) is 0 Å². The maximum atomic E-state index is 6.10. The van der Waals surface area contributed by atoms with Crippen molar-refractivity contribution in [2.45, 2.75) is 20.5 Å². The molecule has 0 unspecified atom stereocenters. The second-order valence-corrected chi connectivity index (χ2v) is 5.53. The van der Waals surface area contributed by atoms with Crippen LogP contribution in [-0.2, 0) is 6.61 Å². The third kappa shape index (κ3) is 3.30. The summed E-state index contributed by atoms with van der Waals surface area (Å²) in [5, 5.41) is 0.509. The minimum absolute atomic E-state index is 0.241. The van der Waals surface area contributed by atoms with Crippen LogP contribution < -0.4 is 10.5 Å². The highest BCUT2D eigenvalue weighted by Crippen LogP contribution is 2.27. The Bertz CT molecular complexity index is 655. The van der Waals surface area contributed by atoms with E-state index in [9.17, 15) is 0 Å². The first-order valence-electron chi connectivity index (χ1n) is 6.26. The maximum Gasteiger partial charge on any atom is 0.131 e. The molecule has 2 rings (SSSR count). The topological polar surface area (TPSA) is 35.2 Å². The van der Waals surface area contributed by atoms with E-state index in [0.29, 0.717) is 22.9 Å². The third-order valence-corrected chi connectivity index (χ3v) is 3.71. The monoisotopic (exact) mass is 305 g/mol. The van der Waals surface area contributed by atoms with Crippen molar-refractivity contribution in [3.05, 3.63) is 63.7 Å². The zero-order valence-electron chi connectivity index (χ0n) is 11.4. The Hall–Kier alpha value is -1.58. The highest BCUT2D eigenvalue weighted by atomic mass is 35.5. The predicted molar refractivity (Wildman–Crippen MR) is 87.6 cm³/mol. The number of halogens is 1. The molecule has 0 radical (unpaired) electrons. The first-order chi connectivity index (χ1) is 9.49. The second kappa shape index (κ2) is 6.25. The molecule has 0 aromatic heterocycles. The fourth-order valence-electron chi connectivity index (χ4n) is 1.92. The van der Waals surface area contributed by atoms with Crippen molar-refractivity contribution >= 4 is 28.8 Å². The van der Waals surface area contributed by atoms with Gasteiger partial charge in [0, 0.05) is 0 Å². The molecule has 0 bridgehead atoms. The van der Waals surface area contributed by atoms with Crippen molar-refractivity contribution in [2.24, 2.45) is 5.73 Å². The predicted octanol–water partition coefficient (Wildman–Crippen LogP) is 4.17. The van der Waals surface area contributed by atoms with E-state index in [2.05, 4.69) is 26.0 Å². The molecule has 0 heterocycles. The van der Waals surface area contributed by atoms with Crippen molar-refractivity contribution in [1.82, 2.24) is 0 Å². The average molecular weight is 306 g/mol. The van der Waals surface area contributed by atoms with Crippen molar-refractivity contribution in [3.8, 4) is 5.75 Å². The quantitative estimate of drug-likeness (QED) is 0.861. The van der Waals surface area contributed by atoms with Gasteiger partial charge in [-0.25, -0.2) is 0 Å². The molecule has 20 heavy (non-hydrogen) atoms. The highest BCUT2D eigenvalue weighted by Gasteiger charge is 2.11. The molecule has 2 aromatic rings. The van der Waals surface area contributed by atoms with Gasteiger partial charge >= 0.3 is 0 Å². The number of rotatable bonds is 4. The number of thiocarbonyl (C=S) groups is 1. The molecule has 0 saturated carbocycles. The Morgan fingerprint density at radius 1 is 1.20 bits per heavy atom. The third-order valence-electron chi connectivity index (χ3n) is 3.19. The maximum absolute atomic E-state index is 6.10. The van der Waals surface area contributed by atoms with Crippen LogP contribution in [-0.4, -0.2) is 4.99 Å². The van der Waals surface area contributed by atoms with Gasteiger partial charge in [0.1, 0.15) is 17.3 Å². The lowest BCUT2D eigenvalue weighted by Crippen LogP contribution is -2.12. The van der Waals surface area contributed by atoms with E-state index < -0.39 is 0 Å². The summed E-state index contributed by atoms with van der Waals surface area (Å²) in [6.45, 7) is 4.62. The summed E-state index contributed by atoms with van der Waals surface area (Å²) in [4.78, 5) is 0.241. The zero-order valence-corrected chi connectivity index (χ0v) is 13.0. The molecular formula is C16H16ClNOS. The number of hydrogen-bond acceptors (Lipinski definition) is 2. The molecule has 0 spiro atoms. The first kappa shape index (κ1) is 14.8. The van der Waals surface area contributed by atoms with E-state index in [1.165, 1.54) is 11.1 Å². The minimum Gasteiger partial charge on any atom is -0.488 e. The molecule has 0 aliphatic heterocycles. The Morgan fingerprint density at radius 3 is 2.60 bits per heavy atom. The van der Waals surface area contributed by atoms with E-state index >= 15 is 0 Å². The molecule has 0 aliphatic rings. The molecule has 2 nitrogen and oxygen atoms in total. The summed E-state index contributed by atoms with van der Waals surface area (Å²) in [6.07, 6.45) is 0. The minimum atomic E-state index is 0.241. The molecule has 2 aromatic carbocycles. The number of benzene rings is 2. The molecule has 0 saturated heterocycles. The molecule has 4 heteroatoms. The lowest BCUT2D eigenvalue weighted by molar-refractivity contribution is 0.305. The van der Waals surface area contributed by atoms with Crippen LogP contribution in [0.4, 0.5) is 0 Å². The van der Waals surface area contributed by atoms with Crippen molar-refractivity contribution < 1.29 is 4.74 Å². The van der Waals surface area contributed by atoms with Crippen LogP contribution in [0.25, 0.3) is 0 Å². The van der Waals surface area contributed by atoms with Gasteiger partial charge in [-0.2, -0.15) is 0 Å². The fourth-order valence-corrected chi connectivity index (χ4v) is 2.45. The number of hydrogen-bond donors (Lipinski definition) is 1. The van der Waals surface area contributed by atoms with Crippen molar-refractivity contribution in [2.75, 3.05) is 0 Å². The first-order valence-corrected chi connectivity index (χ1v) is 7.05. The van der Waals surface area contributed by atoms with E-state index in [1.54, 1.807) is 6.07 Å². The number of nitrogens with two attached hydrogens (primary N) is 1. The van der Waals surface area contributed by atoms with Crippen LogP contribution in [0, 0.1) is 13.8 Å². The van der Waals surface area contributed by atoms with Crippen LogP contribution in [0.15, 0.2) is 36.4 Å². The van der Waals surface area contributed by atoms with Gasteiger partial charge in [-0.3, -0.25) is 0 Å². The number of ether oxygens (including phenoxy) is 1. The molecule has 2 N–H and O–H groups in total. The Kier molecular flexibility index (Phi) is 4.63. The van der Waals surface area contributed by atoms with Crippen LogP contribution in [0.2, 0.25) is 5.02 Å². The van der Waals surface area contributed by atoms with E-state index in [0.717, 1.165) is 5.56 Å². The van der Waals surface area contributed by atoms with Gasteiger partial charge < -0.3 is 10.5 Å². The van der Waals surface area contributed by atoms with Gasteiger partial charge in [0.15, 0.2) is 0 Å². The molecular weight excluding hydrogens is 290 g/mol. The molecule has 0 aliphatic carbocycles. The number of aryl methyl sites for hydroxylation is 2. The summed E-state index contributed by atoms with van der Waals surface area (Å²) in [5.41, 5.74) is 9.89. The lowest BCUT2D eigenvalue weighted by atomic mass is 10.1. The zero-order chi connectivity index (χ0) is 14.7. The van der Waals surface area contributed by atoms with Gasteiger partial charge in [-0.05, 0) is 42.7 Å². The Morgan fingerprint density at radius 2 is 1.95 bits per heavy atom. The Balaban J connectivity index is 2.21. The normalized spacial score (nSPS) is 10.3. The van der Waals surface area contributed by atoms with Gasteiger partial charge in [0.2, 0.25) is 0 Å². The van der Waals surface area contributed by atoms with Crippen molar-refractivity contribution in [1.29, 1.82) is 0 Å². The van der Waals surface area contributed by atoms with Crippen LogP contribution in [0.1, 0.15) is 22.3 Å². The molecule has 0 atom stereocenters. The van der Waals surface area contributed by atoms with Gasteiger partial charge in [0.25, 0.3) is 0 Å². The van der Waals surface area contributed by atoms with E-state index in [-0.39, 0.29) is 4.99 Å². The van der Waals surface area contributed by atoms with Gasteiger partial charge in [0.05, 0.1) is 10.6 Å². The summed E-state index contributed by atoms with van der Waals surface area (Å²) in [7, 11) is 0. The standard InChI is InChI=1S/C16H16ClNOS/c1-10-6-7-12(8-11(10)2)9-19-14-5-3-4-13(17)15(14)16(18)20/h3-8H,9H2,1-2H3,(H2,18,20). The van der Waals surface area contributed by atoms with E-state index in [1.807, 2.05) is 18.2 Å². The molecule has 0 fully saturated rings. The molecule has 0 amide bonds. The second-order valence-electron chi connectivity index (χ2n) is 4.68. The summed E-state index contributed by atoms with van der Waals surface area (Å²) in [6, 6.07) is 11.6. The SMILES string of the molecule is Cc1ccc(COc2cccc(Cl)c2C(N)=S)cc1C. The smallest absolute Gasteiger partial charge is 0.131 e. The van der Waals surface area contributed by atoms with Crippen LogP contribution in [0.5, 0.6) is 5.75 Å². The summed E-state index contributed by atoms with van der Waals surface area (Å²) >= 11 is 11.1. The largest absolute Gasteiger partial charge is 0.488 e. The van der Waals surface area contributed by atoms with Crippen LogP contribution in [0.3, 0.4) is 0 Å². The average Bonchev–Trinajstić information content (AvgIpc) is 2.39.